The van der Waals surface area contributed by atoms with E-state index in [1.54, 1.807) is 12.1 Å². The van der Waals surface area contributed by atoms with Crippen molar-refractivity contribution in [3.05, 3.63) is 38.7 Å². The highest BCUT2D eigenvalue weighted by Crippen LogP contribution is 2.34. The molecule has 0 aliphatic carbocycles. The van der Waals surface area contributed by atoms with E-state index in [0.717, 1.165) is 27.8 Å². The zero-order valence-corrected chi connectivity index (χ0v) is 11.9. The first kappa shape index (κ1) is 12.9. The molecule has 1 aliphatic rings. The van der Waals surface area contributed by atoms with E-state index < -0.39 is 0 Å². The van der Waals surface area contributed by atoms with Crippen LogP contribution in [0.4, 0.5) is 4.79 Å². The van der Waals surface area contributed by atoms with Crippen LogP contribution in [0.3, 0.4) is 0 Å². The Hall–Kier alpha value is -0.550. The van der Waals surface area contributed by atoms with E-state index in [-0.39, 0.29) is 5.24 Å². The molecule has 1 aliphatic heterocycles. The summed E-state index contributed by atoms with van der Waals surface area (Å²) in [6.07, 6.45) is 0. The molecular weight excluding hydrogens is 297 g/mol. The molecule has 88 valence electrons. The van der Waals surface area contributed by atoms with E-state index in [4.69, 9.17) is 35.4 Å². The molecule has 0 unspecified atom stereocenters. The maximum Gasteiger partial charge on any atom is 0.289 e. The topological polar surface area (TPSA) is 29.1 Å². The van der Waals surface area contributed by atoms with Gasteiger partial charge in [-0.05, 0) is 42.0 Å². The Kier molecular flexibility index (Phi) is 3.78. The van der Waals surface area contributed by atoms with E-state index in [2.05, 4.69) is 5.32 Å². The fraction of sp³-hybridized carbons (Fsp3) is 0.0909. The number of thiocarbonyl (C=S) groups is 1. The molecule has 6 heteroatoms. The molecule has 1 aromatic rings. The van der Waals surface area contributed by atoms with Crippen LogP contribution >= 0.6 is 47.2 Å². The van der Waals surface area contributed by atoms with E-state index in [9.17, 15) is 4.79 Å². The van der Waals surface area contributed by atoms with Crippen molar-refractivity contribution in [2.24, 2.45) is 0 Å². The summed E-state index contributed by atoms with van der Waals surface area (Å²) in [6, 6.07) is 5.34. The van der Waals surface area contributed by atoms with Crippen LogP contribution in [0.1, 0.15) is 12.5 Å². The average molecular weight is 304 g/mol. The van der Waals surface area contributed by atoms with Crippen molar-refractivity contribution in [1.29, 1.82) is 0 Å². The summed E-state index contributed by atoms with van der Waals surface area (Å²) in [5.41, 5.74) is 1.82. The van der Waals surface area contributed by atoms with Gasteiger partial charge in [0.05, 0.1) is 15.0 Å². The average Bonchev–Trinajstić information content (AvgIpc) is 2.61. The Balaban J connectivity index is 2.46. The van der Waals surface area contributed by atoms with E-state index >= 15 is 0 Å². The summed E-state index contributed by atoms with van der Waals surface area (Å²) in [5.74, 6) is 0. The molecule has 2 rings (SSSR count). The molecule has 1 fully saturated rings. The molecule has 0 radical (unpaired) electrons. The van der Waals surface area contributed by atoms with Crippen LogP contribution in [0.5, 0.6) is 0 Å². The maximum atomic E-state index is 11.2. The van der Waals surface area contributed by atoms with Gasteiger partial charge in [0.1, 0.15) is 4.99 Å². The Bertz CT molecular complexity index is 554. The standard InChI is InChI=1S/C11H7Cl2NOS2/c1-5(9-10(16)14-11(15)17-9)6-2-3-7(12)8(13)4-6/h2-4H,1H3,(H,14,15,16)/b9-5+. The minimum Gasteiger partial charge on any atom is -0.306 e. The summed E-state index contributed by atoms with van der Waals surface area (Å²) < 4.78 is 0. The number of thioether (sulfide) groups is 1. The number of allylic oxidation sites excluding steroid dienone is 1. The van der Waals surface area contributed by atoms with Crippen molar-refractivity contribution in [2.75, 3.05) is 0 Å². The quantitative estimate of drug-likeness (QED) is 0.611. The minimum atomic E-state index is -0.149. The second kappa shape index (κ2) is 4.98. The molecule has 1 saturated heterocycles. The first-order valence-electron chi connectivity index (χ1n) is 4.68. The lowest BCUT2D eigenvalue weighted by Crippen LogP contribution is -2.16. The highest BCUT2D eigenvalue weighted by atomic mass is 35.5. The van der Waals surface area contributed by atoms with Crippen molar-refractivity contribution in [3.8, 4) is 0 Å². The van der Waals surface area contributed by atoms with Crippen molar-refractivity contribution < 1.29 is 4.79 Å². The second-order valence-corrected chi connectivity index (χ2v) is 5.63. The largest absolute Gasteiger partial charge is 0.306 e. The lowest BCUT2D eigenvalue weighted by Gasteiger charge is -2.06. The van der Waals surface area contributed by atoms with Crippen LogP contribution in [0, 0.1) is 0 Å². The fourth-order valence-electron chi connectivity index (χ4n) is 1.42. The Morgan fingerprint density at radius 2 is 2.06 bits per heavy atom. The number of benzene rings is 1. The number of halogens is 2. The van der Waals surface area contributed by atoms with Crippen molar-refractivity contribution >= 4 is 63.0 Å². The highest BCUT2D eigenvalue weighted by molar-refractivity contribution is 8.19. The van der Waals surface area contributed by atoms with Gasteiger partial charge in [-0.2, -0.15) is 0 Å². The van der Waals surface area contributed by atoms with Crippen LogP contribution in [0.25, 0.3) is 5.57 Å². The predicted molar refractivity (Wildman–Crippen MR) is 77.8 cm³/mol. The first-order chi connectivity index (χ1) is 7.99. The van der Waals surface area contributed by atoms with Gasteiger partial charge in [-0.25, -0.2) is 0 Å². The molecule has 0 bridgehead atoms. The molecule has 1 heterocycles. The number of carbonyl (C=O) groups is 1. The van der Waals surface area contributed by atoms with Gasteiger partial charge in [-0.15, -0.1) is 0 Å². The number of hydrogen-bond acceptors (Lipinski definition) is 3. The molecular formula is C11H7Cl2NOS2. The van der Waals surface area contributed by atoms with Gasteiger partial charge in [-0.3, -0.25) is 4.79 Å². The summed E-state index contributed by atoms with van der Waals surface area (Å²) in [4.78, 5) is 12.4. The van der Waals surface area contributed by atoms with Crippen LogP contribution in [-0.2, 0) is 0 Å². The smallest absolute Gasteiger partial charge is 0.289 e. The SMILES string of the molecule is C/C(=C1\SC(=O)NC1=S)c1ccc(Cl)c(Cl)c1. The summed E-state index contributed by atoms with van der Waals surface area (Å²) in [7, 11) is 0. The summed E-state index contributed by atoms with van der Waals surface area (Å²) in [5, 5.41) is 3.42. The van der Waals surface area contributed by atoms with Crippen molar-refractivity contribution in [2.45, 2.75) is 6.92 Å². The number of hydrogen-bond donors (Lipinski definition) is 1. The lowest BCUT2D eigenvalue weighted by atomic mass is 10.1. The second-order valence-electron chi connectivity index (χ2n) is 3.43. The third-order valence-electron chi connectivity index (χ3n) is 2.31. The zero-order valence-electron chi connectivity index (χ0n) is 8.71. The first-order valence-corrected chi connectivity index (χ1v) is 6.66. The molecule has 1 amide bonds. The van der Waals surface area contributed by atoms with Gasteiger partial charge in [0, 0.05) is 0 Å². The van der Waals surface area contributed by atoms with E-state index in [1.807, 2.05) is 13.0 Å². The normalized spacial score (nSPS) is 18.3. The minimum absolute atomic E-state index is 0.149. The maximum absolute atomic E-state index is 11.2. The van der Waals surface area contributed by atoms with Crippen LogP contribution in [-0.4, -0.2) is 10.2 Å². The number of nitrogens with one attached hydrogen (secondary N) is 1. The van der Waals surface area contributed by atoms with Gasteiger partial charge in [0.2, 0.25) is 0 Å². The van der Waals surface area contributed by atoms with Crippen LogP contribution in [0.2, 0.25) is 10.0 Å². The summed E-state index contributed by atoms with van der Waals surface area (Å²) in [6.45, 7) is 1.90. The highest BCUT2D eigenvalue weighted by Gasteiger charge is 2.24. The Morgan fingerprint density at radius 1 is 1.35 bits per heavy atom. The van der Waals surface area contributed by atoms with Gasteiger partial charge in [0.15, 0.2) is 0 Å². The molecule has 0 aromatic heterocycles. The van der Waals surface area contributed by atoms with Crippen LogP contribution < -0.4 is 5.32 Å². The van der Waals surface area contributed by atoms with Gasteiger partial charge in [-0.1, -0.05) is 41.5 Å². The molecule has 0 saturated carbocycles. The van der Waals surface area contributed by atoms with E-state index in [1.165, 1.54) is 0 Å². The van der Waals surface area contributed by atoms with Gasteiger partial charge < -0.3 is 5.32 Å². The lowest BCUT2D eigenvalue weighted by molar-refractivity contribution is 0.265. The molecule has 17 heavy (non-hydrogen) atoms. The monoisotopic (exact) mass is 303 g/mol. The van der Waals surface area contributed by atoms with Gasteiger partial charge >= 0.3 is 0 Å². The molecule has 0 atom stereocenters. The predicted octanol–water partition coefficient (Wildman–Crippen LogP) is 4.51. The molecule has 1 aromatic carbocycles. The number of carbonyl (C=O) groups excluding carboxylic acids is 1. The molecule has 0 spiro atoms. The molecule has 1 N–H and O–H groups in total. The Labute approximate surface area is 118 Å². The zero-order chi connectivity index (χ0) is 12.6. The number of rotatable bonds is 1. The Morgan fingerprint density at radius 3 is 2.59 bits per heavy atom. The van der Waals surface area contributed by atoms with Crippen LogP contribution in [0.15, 0.2) is 23.1 Å². The van der Waals surface area contributed by atoms with Crippen molar-refractivity contribution in [1.82, 2.24) is 5.32 Å². The molecule has 2 nitrogen and oxygen atoms in total. The third-order valence-corrected chi connectivity index (χ3v) is 4.49. The van der Waals surface area contributed by atoms with E-state index in [0.29, 0.717) is 15.0 Å². The number of amides is 1. The summed E-state index contributed by atoms with van der Waals surface area (Å²) >= 11 is 18.0. The van der Waals surface area contributed by atoms with Gasteiger partial charge in [0.25, 0.3) is 5.24 Å². The van der Waals surface area contributed by atoms with Crippen molar-refractivity contribution in [3.63, 3.8) is 0 Å². The third kappa shape index (κ3) is 2.65. The fourth-order valence-corrected chi connectivity index (χ4v) is 2.91.